The van der Waals surface area contributed by atoms with Crippen molar-refractivity contribution in [1.82, 2.24) is 4.72 Å². The predicted molar refractivity (Wildman–Crippen MR) is 68.5 cm³/mol. The maximum absolute atomic E-state index is 13.4. The Labute approximate surface area is 115 Å². The van der Waals surface area contributed by atoms with Crippen molar-refractivity contribution in [1.29, 1.82) is 0 Å². The van der Waals surface area contributed by atoms with Gasteiger partial charge in [-0.2, -0.15) is 0 Å². The lowest BCUT2D eigenvalue weighted by molar-refractivity contribution is 0.0696. The molecule has 0 spiro atoms. The molecule has 106 valence electrons. The third kappa shape index (κ3) is 3.89. The second-order valence-electron chi connectivity index (χ2n) is 3.82. The second-order valence-corrected chi connectivity index (χ2v) is 5.97. The Hall–Kier alpha value is -1.18. The van der Waals surface area contributed by atoms with Crippen LogP contribution in [0, 0.1) is 5.82 Å². The predicted octanol–water partition coefficient (Wildman–Crippen LogP) is 2.26. The molecule has 0 fully saturated rings. The van der Waals surface area contributed by atoms with Crippen molar-refractivity contribution in [2.75, 3.05) is 6.54 Å². The van der Waals surface area contributed by atoms with Gasteiger partial charge in [-0.15, -0.1) is 0 Å². The molecule has 0 aliphatic heterocycles. The van der Waals surface area contributed by atoms with Gasteiger partial charge in [-0.3, -0.25) is 0 Å². The molecule has 5 nitrogen and oxygen atoms in total. The number of nitrogens with one attached hydrogen (secondary N) is 1. The third-order valence-corrected chi connectivity index (χ3v) is 4.19. The van der Waals surface area contributed by atoms with E-state index in [1.54, 1.807) is 0 Å². The van der Waals surface area contributed by atoms with E-state index in [0.717, 1.165) is 12.5 Å². The molecule has 0 unspecified atom stereocenters. The van der Waals surface area contributed by atoms with Gasteiger partial charge >= 0.3 is 5.97 Å². The smallest absolute Gasteiger partial charge is 0.337 e. The van der Waals surface area contributed by atoms with Crippen molar-refractivity contribution in [3.63, 3.8) is 0 Å². The molecule has 1 aromatic carbocycles. The number of hydrogen-bond acceptors (Lipinski definition) is 3. The molecule has 0 atom stereocenters. The Balaban J connectivity index is 3.17. The molecule has 0 saturated carbocycles. The first-order chi connectivity index (χ1) is 8.79. The first kappa shape index (κ1) is 15.9. The number of sulfonamides is 1. The van der Waals surface area contributed by atoms with E-state index >= 15 is 0 Å². The molecule has 0 heterocycles. The molecule has 8 heteroatoms. The highest BCUT2D eigenvalue weighted by Gasteiger charge is 2.21. The molecule has 0 aliphatic rings. The SMILES string of the molecule is CCCCNS(=O)(=O)c1cc(F)c(Cl)c(C(=O)O)c1. The summed E-state index contributed by atoms with van der Waals surface area (Å²) in [5.74, 6) is -2.58. The van der Waals surface area contributed by atoms with Gasteiger partial charge in [-0.1, -0.05) is 24.9 Å². The van der Waals surface area contributed by atoms with Crippen LogP contribution in [-0.2, 0) is 10.0 Å². The third-order valence-electron chi connectivity index (χ3n) is 2.36. The zero-order valence-electron chi connectivity index (χ0n) is 10.1. The van der Waals surface area contributed by atoms with Gasteiger partial charge in [0.2, 0.25) is 10.0 Å². The minimum atomic E-state index is -3.94. The van der Waals surface area contributed by atoms with Crippen LogP contribution in [-0.4, -0.2) is 26.0 Å². The number of unbranched alkanes of at least 4 members (excludes halogenated alkanes) is 1. The van der Waals surface area contributed by atoms with Crippen LogP contribution in [0.1, 0.15) is 30.1 Å². The number of hydrogen-bond donors (Lipinski definition) is 2. The van der Waals surface area contributed by atoms with E-state index in [1.807, 2.05) is 6.92 Å². The number of carboxylic acids is 1. The van der Waals surface area contributed by atoms with E-state index < -0.39 is 37.3 Å². The zero-order valence-corrected chi connectivity index (χ0v) is 11.7. The fraction of sp³-hybridized carbons (Fsp3) is 0.364. The zero-order chi connectivity index (χ0) is 14.6. The number of benzene rings is 1. The van der Waals surface area contributed by atoms with E-state index in [0.29, 0.717) is 12.5 Å². The minimum Gasteiger partial charge on any atom is -0.478 e. The molecule has 0 saturated heterocycles. The summed E-state index contributed by atoms with van der Waals surface area (Å²) in [5.41, 5.74) is -0.586. The summed E-state index contributed by atoms with van der Waals surface area (Å²) < 4.78 is 39.4. The normalized spacial score (nSPS) is 11.5. The number of carbonyl (C=O) groups is 1. The lowest BCUT2D eigenvalue weighted by Gasteiger charge is -2.08. The molecule has 1 aromatic rings. The lowest BCUT2D eigenvalue weighted by Crippen LogP contribution is -2.25. The fourth-order valence-corrected chi connectivity index (χ4v) is 2.64. The summed E-state index contributed by atoms with van der Waals surface area (Å²) in [7, 11) is -3.94. The van der Waals surface area contributed by atoms with Gasteiger partial charge in [0.25, 0.3) is 0 Å². The highest BCUT2D eigenvalue weighted by Crippen LogP contribution is 2.24. The number of halogens is 2. The number of rotatable bonds is 6. The minimum absolute atomic E-state index is 0.200. The van der Waals surface area contributed by atoms with E-state index in [2.05, 4.69) is 4.72 Å². The molecule has 1 rings (SSSR count). The summed E-state index contributed by atoms with van der Waals surface area (Å²) in [6.45, 7) is 2.09. The van der Waals surface area contributed by atoms with Crippen molar-refractivity contribution in [2.24, 2.45) is 0 Å². The molecule has 19 heavy (non-hydrogen) atoms. The molecule has 0 amide bonds. The molecule has 0 bridgehead atoms. The quantitative estimate of drug-likeness (QED) is 0.789. The van der Waals surface area contributed by atoms with E-state index in [-0.39, 0.29) is 6.54 Å². The summed E-state index contributed by atoms with van der Waals surface area (Å²) in [4.78, 5) is 10.4. The highest BCUT2D eigenvalue weighted by molar-refractivity contribution is 7.89. The summed E-state index contributed by atoms with van der Waals surface area (Å²) in [6, 6.07) is 1.53. The largest absolute Gasteiger partial charge is 0.478 e. The van der Waals surface area contributed by atoms with Gasteiger partial charge in [0, 0.05) is 6.54 Å². The molecule has 0 aliphatic carbocycles. The molecule has 2 N–H and O–H groups in total. The van der Waals surface area contributed by atoms with E-state index in [4.69, 9.17) is 16.7 Å². The van der Waals surface area contributed by atoms with Crippen LogP contribution in [0.25, 0.3) is 0 Å². The van der Waals surface area contributed by atoms with Crippen molar-refractivity contribution >= 4 is 27.6 Å². The molecule has 0 radical (unpaired) electrons. The maximum atomic E-state index is 13.4. The molecule has 0 aromatic heterocycles. The van der Waals surface area contributed by atoms with Crippen LogP contribution in [0.15, 0.2) is 17.0 Å². The van der Waals surface area contributed by atoms with Gasteiger partial charge in [0.1, 0.15) is 5.82 Å². The fourth-order valence-electron chi connectivity index (χ4n) is 1.34. The van der Waals surface area contributed by atoms with Crippen LogP contribution in [0.2, 0.25) is 5.02 Å². The average molecular weight is 310 g/mol. The summed E-state index contributed by atoms with van der Waals surface area (Å²) in [6.07, 6.45) is 1.42. The van der Waals surface area contributed by atoms with Crippen LogP contribution < -0.4 is 4.72 Å². The van der Waals surface area contributed by atoms with Gasteiger partial charge in [-0.05, 0) is 18.6 Å². The molecular formula is C11H13ClFNO4S. The van der Waals surface area contributed by atoms with Gasteiger partial charge in [0.15, 0.2) is 0 Å². The Bertz CT molecular complexity index is 589. The number of carboxylic acid groups (broad SMARTS) is 1. The Morgan fingerprint density at radius 2 is 2.11 bits per heavy atom. The molecular weight excluding hydrogens is 297 g/mol. The topological polar surface area (TPSA) is 83.5 Å². The van der Waals surface area contributed by atoms with Crippen molar-refractivity contribution in [3.05, 3.63) is 28.5 Å². The van der Waals surface area contributed by atoms with Crippen LogP contribution >= 0.6 is 11.6 Å². The van der Waals surface area contributed by atoms with Crippen LogP contribution in [0.3, 0.4) is 0 Å². The average Bonchev–Trinajstić information content (AvgIpc) is 2.32. The van der Waals surface area contributed by atoms with E-state index in [9.17, 15) is 17.6 Å². The second kappa shape index (κ2) is 6.31. The van der Waals surface area contributed by atoms with Crippen LogP contribution in [0.4, 0.5) is 4.39 Å². The summed E-state index contributed by atoms with van der Waals surface area (Å²) >= 11 is 5.47. The van der Waals surface area contributed by atoms with Gasteiger partial charge < -0.3 is 5.11 Å². The van der Waals surface area contributed by atoms with Crippen molar-refractivity contribution in [3.8, 4) is 0 Å². The van der Waals surface area contributed by atoms with Gasteiger partial charge in [0.05, 0.1) is 15.5 Å². The van der Waals surface area contributed by atoms with Crippen molar-refractivity contribution < 1.29 is 22.7 Å². The monoisotopic (exact) mass is 309 g/mol. The van der Waals surface area contributed by atoms with Gasteiger partial charge in [-0.25, -0.2) is 22.3 Å². The van der Waals surface area contributed by atoms with Crippen molar-refractivity contribution in [2.45, 2.75) is 24.7 Å². The first-order valence-corrected chi connectivity index (χ1v) is 7.37. The first-order valence-electron chi connectivity index (χ1n) is 5.51. The number of aromatic carboxylic acids is 1. The Kier molecular flexibility index (Phi) is 5.28. The lowest BCUT2D eigenvalue weighted by atomic mass is 10.2. The van der Waals surface area contributed by atoms with E-state index in [1.165, 1.54) is 0 Å². The highest BCUT2D eigenvalue weighted by atomic mass is 35.5. The van der Waals surface area contributed by atoms with Crippen LogP contribution in [0.5, 0.6) is 0 Å². The Morgan fingerprint density at radius 1 is 1.47 bits per heavy atom. The standard InChI is InChI=1S/C11H13ClFNO4S/c1-2-3-4-14-19(17,18)7-5-8(11(15)16)10(12)9(13)6-7/h5-6,14H,2-4H2,1H3,(H,15,16). The Morgan fingerprint density at radius 3 is 2.63 bits per heavy atom. The maximum Gasteiger partial charge on any atom is 0.337 e. The summed E-state index contributed by atoms with van der Waals surface area (Å²) in [5, 5.41) is 8.22.